The molecule has 0 spiro atoms. The molecule has 2 atom stereocenters. The Hall–Kier alpha value is -1.60. The minimum atomic E-state index is -1.57. The molecule has 1 aromatic rings. The number of ether oxygens (including phenoxy) is 1. The minimum Gasteiger partial charge on any atom is -0.431 e. The molecule has 3 nitrogen and oxygen atoms in total. The van der Waals surface area contributed by atoms with Gasteiger partial charge < -0.3 is 4.74 Å². The van der Waals surface area contributed by atoms with Crippen LogP contribution in [0.4, 0.5) is 4.39 Å². The van der Waals surface area contributed by atoms with Crippen LogP contribution in [0, 0.1) is 11.3 Å². The van der Waals surface area contributed by atoms with E-state index in [0.717, 1.165) is 0 Å². The van der Waals surface area contributed by atoms with Crippen LogP contribution < -0.4 is 0 Å². The highest BCUT2D eigenvalue weighted by molar-refractivity contribution is 6.31. The number of carbonyl (C=O) groups is 1. The van der Waals surface area contributed by atoms with Crippen molar-refractivity contribution >= 4 is 17.6 Å². The number of nitrogens with zero attached hydrogens (tertiary/aromatic N) is 1. The molecule has 0 aromatic heterocycles. The number of nitriles is 1. The third kappa shape index (κ3) is 5.02. The average Bonchev–Trinajstić information content (AvgIpc) is 2.45. The van der Waals surface area contributed by atoms with Crippen LogP contribution in [0.1, 0.15) is 45.1 Å². The SMILES string of the molecule is CCCC(F)OC(=O)CCC(C)(C#N)c1ccccc1Cl. The lowest BCUT2D eigenvalue weighted by Gasteiger charge is -2.23. The number of alkyl halides is 1. The van der Waals surface area contributed by atoms with Crippen molar-refractivity contribution in [1.82, 2.24) is 0 Å². The Morgan fingerprint density at radius 2 is 2.19 bits per heavy atom. The van der Waals surface area contributed by atoms with Crippen LogP contribution in [-0.2, 0) is 14.9 Å². The lowest BCUT2D eigenvalue weighted by atomic mass is 9.80. The summed E-state index contributed by atoms with van der Waals surface area (Å²) >= 11 is 6.10. The lowest BCUT2D eigenvalue weighted by Crippen LogP contribution is -2.23. The van der Waals surface area contributed by atoms with E-state index in [1.807, 2.05) is 6.92 Å². The molecule has 114 valence electrons. The maximum absolute atomic E-state index is 13.2. The average molecular weight is 312 g/mol. The predicted octanol–water partition coefficient (Wildman–Crippen LogP) is 4.54. The van der Waals surface area contributed by atoms with Gasteiger partial charge in [-0.05, 0) is 31.4 Å². The fraction of sp³-hybridized carbons (Fsp3) is 0.500. The zero-order valence-electron chi connectivity index (χ0n) is 12.2. The predicted molar refractivity (Wildman–Crippen MR) is 79.5 cm³/mol. The Morgan fingerprint density at radius 3 is 2.76 bits per heavy atom. The van der Waals surface area contributed by atoms with Crippen LogP contribution in [0.25, 0.3) is 0 Å². The number of halogens is 2. The number of benzene rings is 1. The van der Waals surface area contributed by atoms with Gasteiger partial charge in [-0.1, -0.05) is 36.7 Å². The molecule has 0 saturated carbocycles. The summed E-state index contributed by atoms with van der Waals surface area (Å²) in [4.78, 5) is 11.6. The fourth-order valence-electron chi connectivity index (χ4n) is 2.00. The van der Waals surface area contributed by atoms with Gasteiger partial charge in [0.2, 0.25) is 6.36 Å². The molecular weight excluding hydrogens is 293 g/mol. The molecule has 1 aromatic carbocycles. The van der Waals surface area contributed by atoms with E-state index in [1.54, 1.807) is 31.2 Å². The molecule has 0 N–H and O–H groups in total. The van der Waals surface area contributed by atoms with Gasteiger partial charge in [-0.25, -0.2) is 4.39 Å². The van der Waals surface area contributed by atoms with Gasteiger partial charge in [0.1, 0.15) is 0 Å². The largest absolute Gasteiger partial charge is 0.431 e. The first kappa shape index (κ1) is 17.5. The van der Waals surface area contributed by atoms with E-state index in [-0.39, 0.29) is 19.3 Å². The Balaban J connectivity index is 2.69. The molecule has 1 rings (SSSR count). The van der Waals surface area contributed by atoms with Crippen LogP contribution in [0.2, 0.25) is 5.02 Å². The molecule has 21 heavy (non-hydrogen) atoms. The summed E-state index contributed by atoms with van der Waals surface area (Å²) in [5.74, 6) is -0.635. The number of hydrogen-bond donors (Lipinski definition) is 0. The highest BCUT2D eigenvalue weighted by Crippen LogP contribution is 2.33. The summed E-state index contributed by atoms with van der Waals surface area (Å²) in [5.41, 5.74) is -0.249. The zero-order chi connectivity index (χ0) is 15.9. The van der Waals surface area contributed by atoms with Crippen LogP contribution in [-0.4, -0.2) is 12.3 Å². The van der Waals surface area contributed by atoms with Crippen LogP contribution in [0.5, 0.6) is 0 Å². The summed E-state index contributed by atoms with van der Waals surface area (Å²) in [7, 11) is 0. The van der Waals surface area contributed by atoms with Crippen LogP contribution >= 0.6 is 11.6 Å². The van der Waals surface area contributed by atoms with Gasteiger partial charge in [0.25, 0.3) is 0 Å². The number of esters is 1. The molecule has 0 bridgehead atoms. The number of rotatable bonds is 7. The van der Waals surface area contributed by atoms with Gasteiger partial charge in [-0.3, -0.25) is 4.79 Å². The molecule has 5 heteroatoms. The first-order valence-electron chi connectivity index (χ1n) is 6.92. The summed E-state index contributed by atoms with van der Waals surface area (Å²) < 4.78 is 17.9. The van der Waals surface area contributed by atoms with E-state index in [4.69, 9.17) is 11.6 Å². The van der Waals surface area contributed by atoms with Crippen molar-refractivity contribution in [2.24, 2.45) is 0 Å². The fourth-order valence-corrected chi connectivity index (χ4v) is 2.34. The van der Waals surface area contributed by atoms with Crippen LogP contribution in [0.15, 0.2) is 24.3 Å². The third-order valence-corrected chi connectivity index (χ3v) is 3.65. The Morgan fingerprint density at radius 1 is 1.52 bits per heavy atom. The normalized spacial score (nSPS) is 14.8. The molecule has 0 aliphatic carbocycles. The highest BCUT2D eigenvalue weighted by atomic mass is 35.5. The van der Waals surface area contributed by atoms with E-state index >= 15 is 0 Å². The second-order valence-electron chi connectivity index (χ2n) is 5.11. The van der Waals surface area contributed by atoms with E-state index in [2.05, 4.69) is 10.8 Å². The molecule has 0 fully saturated rings. The van der Waals surface area contributed by atoms with Gasteiger partial charge in [0.05, 0.1) is 11.5 Å². The zero-order valence-corrected chi connectivity index (χ0v) is 13.0. The van der Waals surface area contributed by atoms with E-state index in [9.17, 15) is 14.4 Å². The Kier molecular flexibility index (Phi) is 6.64. The first-order valence-corrected chi connectivity index (χ1v) is 7.30. The molecule has 0 heterocycles. The molecule has 0 radical (unpaired) electrons. The van der Waals surface area contributed by atoms with Gasteiger partial charge in [-0.15, -0.1) is 0 Å². The Labute approximate surface area is 129 Å². The standard InChI is InChI=1S/C16H19ClFNO2/c1-3-6-14(18)21-15(20)9-10-16(2,11-19)12-7-4-5-8-13(12)17/h4-5,7-8,14H,3,6,9-10H2,1-2H3. The second-order valence-corrected chi connectivity index (χ2v) is 5.52. The maximum Gasteiger partial charge on any atom is 0.308 e. The van der Waals surface area contributed by atoms with E-state index in [0.29, 0.717) is 17.0 Å². The van der Waals surface area contributed by atoms with Crippen molar-refractivity contribution in [2.45, 2.75) is 51.3 Å². The first-order chi connectivity index (χ1) is 9.92. The molecule has 0 saturated heterocycles. The van der Waals surface area contributed by atoms with Crippen molar-refractivity contribution in [1.29, 1.82) is 5.26 Å². The molecule has 2 unspecified atom stereocenters. The summed E-state index contributed by atoms with van der Waals surface area (Å²) in [6, 6.07) is 9.20. The monoisotopic (exact) mass is 311 g/mol. The van der Waals surface area contributed by atoms with Crippen molar-refractivity contribution in [3.05, 3.63) is 34.9 Å². The smallest absolute Gasteiger partial charge is 0.308 e. The third-order valence-electron chi connectivity index (χ3n) is 3.32. The topological polar surface area (TPSA) is 50.1 Å². The summed E-state index contributed by atoms with van der Waals surface area (Å²) in [6.45, 7) is 3.52. The molecule has 0 amide bonds. The van der Waals surface area contributed by atoms with Gasteiger partial charge in [0.15, 0.2) is 0 Å². The Bertz CT molecular complexity index is 529. The van der Waals surface area contributed by atoms with E-state index in [1.165, 1.54) is 0 Å². The van der Waals surface area contributed by atoms with Crippen LogP contribution in [0.3, 0.4) is 0 Å². The molecule has 0 aliphatic heterocycles. The summed E-state index contributed by atoms with van der Waals surface area (Å²) in [5, 5.41) is 9.88. The maximum atomic E-state index is 13.2. The van der Waals surface area contributed by atoms with Crippen molar-refractivity contribution < 1.29 is 13.9 Å². The second kappa shape index (κ2) is 7.99. The molecular formula is C16H19ClFNO2. The quantitative estimate of drug-likeness (QED) is 0.695. The van der Waals surface area contributed by atoms with Crippen molar-refractivity contribution in [3.63, 3.8) is 0 Å². The lowest BCUT2D eigenvalue weighted by molar-refractivity contribution is -0.158. The van der Waals surface area contributed by atoms with Gasteiger partial charge in [0, 0.05) is 17.9 Å². The van der Waals surface area contributed by atoms with Crippen molar-refractivity contribution in [3.8, 4) is 6.07 Å². The minimum absolute atomic E-state index is 0.0284. The van der Waals surface area contributed by atoms with Gasteiger partial charge in [-0.2, -0.15) is 5.26 Å². The van der Waals surface area contributed by atoms with Gasteiger partial charge >= 0.3 is 5.97 Å². The highest BCUT2D eigenvalue weighted by Gasteiger charge is 2.30. The molecule has 0 aliphatic rings. The summed E-state index contributed by atoms with van der Waals surface area (Å²) in [6.07, 6.45) is -0.587. The van der Waals surface area contributed by atoms with E-state index < -0.39 is 17.7 Å². The van der Waals surface area contributed by atoms with Crippen molar-refractivity contribution in [2.75, 3.05) is 0 Å². The number of carbonyl (C=O) groups excluding carboxylic acids is 1. The number of hydrogen-bond acceptors (Lipinski definition) is 3.